The highest BCUT2D eigenvalue weighted by atomic mass is 32.1. The smallest absolute Gasteiger partial charge is 0.338 e. The summed E-state index contributed by atoms with van der Waals surface area (Å²) in [5.41, 5.74) is 4.25. The van der Waals surface area contributed by atoms with Gasteiger partial charge in [-0.1, -0.05) is 12.1 Å². The maximum Gasteiger partial charge on any atom is 0.338 e. The van der Waals surface area contributed by atoms with Crippen LogP contribution >= 0.6 is 12.2 Å². The van der Waals surface area contributed by atoms with Crippen molar-refractivity contribution < 1.29 is 23.5 Å². The number of methoxy groups -OCH3 is 1. The van der Waals surface area contributed by atoms with E-state index in [0.29, 0.717) is 11.1 Å². The summed E-state index contributed by atoms with van der Waals surface area (Å²) in [6, 6.07) is 12.6. The first-order valence-corrected chi connectivity index (χ1v) is 11.1. The van der Waals surface area contributed by atoms with Gasteiger partial charge in [-0.15, -0.1) is 0 Å². The lowest BCUT2D eigenvalue weighted by molar-refractivity contribution is -0.122. The zero-order valence-corrected chi connectivity index (χ0v) is 20.3. The number of rotatable bonds is 4. The van der Waals surface area contributed by atoms with Crippen LogP contribution in [0.25, 0.3) is 11.8 Å². The van der Waals surface area contributed by atoms with E-state index in [0.717, 1.165) is 27.5 Å². The highest BCUT2D eigenvalue weighted by Crippen LogP contribution is 2.28. The quantitative estimate of drug-likeness (QED) is 0.257. The number of esters is 1. The molecule has 2 aromatic carbocycles. The van der Waals surface area contributed by atoms with E-state index in [9.17, 15) is 18.8 Å². The molecule has 0 radical (unpaired) electrons. The third kappa shape index (κ3) is 4.26. The Kier molecular flexibility index (Phi) is 6.36. The van der Waals surface area contributed by atoms with E-state index in [1.165, 1.54) is 37.5 Å². The van der Waals surface area contributed by atoms with Gasteiger partial charge in [0.05, 0.1) is 18.4 Å². The predicted molar refractivity (Wildman–Crippen MR) is 134 cm³/mol. The first kappa shape index (κ1) is 24.0. The van der Waals surface area contributed by atoms with Crippen molar-refractivity contribution in [1.29, 1.82) is 0 Å². The molecule has 1 saturated heterocycles. The summed E-state index contributed by atoms with van der Waals surface area (Å²) in [5, 5.41) is 2.38. The number of nitrogens with one attached hydrogen (secondary N) is 1. The number of nitrogens with zero attached hydrogens (tertiary/aromatic N) is 2. The highest BCUT2D eigenvalue weighted by molar-refractivity contribution is 7.80. The Balaban J connectivity index is 1.79. The van der Waals surface area contributed by atoms with E-state index in [2.05, 4.69) is 5.32 Å². The molecule has 1 aliphatic heterocycles. The molecule has 1 aliphatic rings. The molecule has 1 fully saturated rings. The summed E-state index contributed by atoms with van der Waals surface area (Å²) in [6.45, 7) is 5.56. The molecule has 2 amide bonds. The maximum atomic E-state index is 13.8. The van der Waals surface area contributed by atoms with E-state index in [4.69, 9.17) is 17.0 Å². The van der Waals surface area contributed by atoms with Crippen molar-refractivity contribution >= 4 is 46.9 Å². The van der Waals surface area contributed by atoms with Crippen LogP contribution in [0.1, 0.15) is 32.9 Å². The number of aryl methyl sites for hydroxylation is 1. The molecule has 1 N–H and O–H groups in total. The maximum absolute atomic E-state index is 13.8. The van der Waals surface area contributed by atoms with Crippen LogP contribution in [-0.4, -0.2) is 34.6 Å². The average molecular weight is 492 g/mol. The van der Waals surface area contributed by atoms with E-state index < -0.39 is 23.6 Å². The second-order valence-electron chi connectivity index (χ2n) is 8.04. The first-order chi connectivity index (χ1) is 16.6. The van der Waals surface area contributed by atoms with Crippen molar-refractivity contribution in [3.63, 3.8) is 0 Å². The molecule has 178 valence electrons. The minimum absolute atomic E-state index is 0.122. The monoisotopic (exact) mass is 491 g/mol. The number of halogens is 1. The molecule has 0 unspecified atom stereocenters. The minimum Gasteiger partial charge on any atom is -0.465 e. The fourth-order valence-electron chi connectivity index (χ4n) is 4.16. The van der Waals surface area contributed by atoms with Crippen molar-refractivity contribution in [3.05, 3.63) is 88.0 Å². The highest BCUT2D eigenvalue weighted by Gasteiger charge is 2.35. The van der Waals surface area contributed by atoms with Gasteiger partial charge in [-0.25, -0.2) is 9.18 Å². The van der Waals surface area contributed by atoms with Crippen LogP contribution < -0.4 is 10.2 Å². The van der Waals surface area contributed by atoms with Crippen LogP contribution in [0.5, 0.6) is 0 Å². The summed E-state index contributed by atoms with van der Waals surface area (Å²) in [6.07, 6.45) is 1.49. The normalized spacial score (nSPS) is 14.9. The van der Waals surface area contributed by atoms with Gasteiger partial charge in [0.2, 0.25) is 0 Å². The third-order valence-corrected chi connectivity index (χ3v) is 6.17. The Morgan fingerprint density at radius 1 is 1.09 bits per heavy atom. The van der Waals surface area contributed by atoms with Gasteiger partial charge in [-0.2, -0.15) is 0 Å². The molecule has 3 aromatic rings. The van der Waals surface area contributed by atoms with Gasteiger partial charge in [0.1, 0.15) is 11.4 Å². The molecule has 0 aliphatic carbocycles. The fraction of sp³-hybridized carbons (Fsp3) is 0.154. The van der Waals surface area contributed by atoms with Crippen molar-refractivity contribution in [2.45, 2.75) is 20.8 Å². The Morgan fingerprint density at radius 2 is 1.80 bits per heavy atom. The Morgan fingerprint density at radius 3 is 2.49 bits per heavy atom. The zero-order chi connectivity index (χ0) is 25.4. The molecule has 0 saturated carbocycles. The average Bonchev–Trinajstić information content (AvgIpc) is 3.09. The first-order valence-electron chi connectivity index (χ1n) is 10.7. The topological polar surface area (TPSA) is 80.6 Å². The Bertz CT molecular complexity index is 1440. The minimum atomic E-state index is -0.655. The molecule has 1 aromatic heterocycles. The lowest BCUT2D eigenvalue weighted by Crippen LogP contribution is -2.54. The lowest BCUT2D eigenvalue weighted by atomic mass is 10.1. The van der Waals surface area contributed by atoms with Crippen LogP contribution in [-0.2, 0) is 14.3 Å². The number of benzene rings is 2. The van der Waals surface area contributed by atoms with Gasteiger partial charge in [-0.3, -0.25) is 19.8 Å². The number of aromatic nitrogens is 1. The number of thiocarbonyl (C=S) groups is 1. The Labute approximate surface area is 206 Å². The molecule has 4 rings (SSSR count). The molecule has 9 heteroatoms. The summed E-state index contributed by atoms with van der Waals surface area (Å²) in [4.78, 5) is 39.2. The van der Waals surface area contributed by atoms with Gasteiger partial charge in [0.25, 0.3) is 11.8 Å². The van der Waals surface area contributed by atoms with Gasteiger partial charge in [-0.05, 0) is 86.6 Å². The number of ether oxygens (including phenoxy) is 1. The number of carbonyl (C=O) groups is 3. The number of hydrogen-bond acceptors (Lipinski definition) is 5. The molecule has 0 bridgehead atoms. The molecule has 0 spiro atoms. The van der Waals surface area contributed by atoms with Crippen molar-refractivity contribution in [2.75, 3.05) is 12.0 Å². The van der Waals surface area contributed by atoms with Crippen molar-refractivity contribution in [2.24, 2.45) is 0 Å². The largest absolute Gasteiger partial charge is 0.465 e. The summed E-state index contributed by atoms with van der Waals surface area (Å²) >= 11 is 5.18. The lowest BCUT2D eigenvalue weighted by Gasteiger charge is -2.28. The number of amides is 2. The molecular weight excluding hydrogens is 469 g/mol. The van der Waals surface area contributed by atoms with Crippen LogP contribution in [0.2, 0.25) is 0 Å². The van der Waals surface area contributed by atoms with Crippen LogP contribution in [0, 0.1) is 26.6 Å². The van der Waals surface area contributed by atoms with Crippen LogP contribution in [0.15, 0.2) is 54.1 Å². The molecule has 0 atom stereocenters. The van der Waals surface area contributed by atoms with Gasteiger partial charge < -0.3 is 9.30 Å². The summed E-state index contributed by atoms with van der Waals surface area (Å²) in [7, 11) is 1.33. The van der Waals surface area contributed by atoms with E-state index in [1.54, 1.807) is 12.1 Å². The van der Waals surface area contributed by atoms with E-state index in [1.807, 2.05) is 37.5 Å². The van der Waals surface area contributed by atoms with Gasteiger partial charge in [0.15, 0.2) is 5.11 Å². The second-order valence-corrected chi connectivity index (χ2v) is 8.43. The summed E-state index contributed by atoms with van der Waals surface area (Å²) in [5.74, 6) is -2.26. The predicted octanol–water partition coefficient (Wildman–Crippen LogP) is 4.16. The zero-order valence-electron chi connectivity index (χ0n) is 19.5. The fourth-order valence-corrected chi connectivity index (χ4v) is 4.44. The number of carbonyl (C=O) groups excluding carboxylic acids is 3. The molecule has 2 heterocycles. The third-order valence-electron chi connectivity index (χ3n) is 5.89. The Hall–Kier alpha value is -4.11. The second kappa shape index (κ2) is 9.27. The summed E-state index contributed by atoms with van der Waals surface area (Å²) < 4.78 is 20.6. The molecule has 35 heavy (non-hydrogen) atoms. The van der Waals surface area contributed by atoms with Crippen molar-refractivity contribution in [3.8, 4) is 5.69 Å². The van der Waals surface area contributed by atoms with Crippen molar-refractivity contribution in [1.82, 2.24) is 9.88 Å². The van der Waals surface area contributed by atoms with Gasteiger partial charge in [0, 0.05) is 17.1 Å². The van der Waals surface area contributed by atoms with Gasteiger partial charge >= 0.3 is 5.97 Å². The molecule has 7 nitrogen and oxygen atoms in total. The van der Waals surface area contributed by atoms with Crippen LogP contribution in [0.4, 0.5) is 10.1 Å². The standard InChI is InChI=1S/C26H22FN3O4S/c1-14-11-17(16(3)29(14)22-10-6-9-20(15(22)2)25(33)34-4)12-21-23(31)28-26(35)30(24(21)32)19-8-5-7-18(27)13-19/h5-13H,1-4H3,(H,28,31,35). The molecular formula is C26H22FN3O4S. The van der Waals surface area contributed by atoms with E-state index in [-0.39, 0.29) is 16.4 Å². The van der Waals surface area contributed by atoms with E-state index >= 15 is 0 Å². The number of anilines is 1. The SMILES string of the molecule is COC(=O)c1cccc(-n2c(C)cc(C=C3C(=O)NC(=S)N(c4cccc(F)c4)C3=O)c2C)c1C. The van der Waals surface area contributed by atoms with Crippen LogP contribution in [0.3, 0.4) is 0 Å². The number of hydrogen-bond donors (Lipinski definition) is 1.